The Morgan fingerprint density at radius 3 is 2.40 bits per heavy atom. The second kappa shape index (κ2) is 18.6. The number of allylic oxidation sites excluding steroid dienone is 4. The van der Waals surface area contributed by atoms with Crippen molar-refractivity contribution in [2.24, 2.45) is 17.6 Å². The molecular formula is C32H49ClN4O8. The molecule has 6 atom stereocenters. The number of halogens is 1. The number of nitrogens with two attached hydrogens (primary N) is 1. The van der Waals surface area contributed by atoms with Gasteiger partial charge in [0.2, 0.25) is 11.6 Å². The number of ether oxygens (including phenoxy) is 3. The van der Waals surface area contributed by atoms with E-state index in [1.54, 1.807) is 32.1 Å². The van der Waals surface area contributed by atoms with E-state index in [4.69, 9.17) is 19.9 Å². The van der Waals surface area contributed by atoms with Crippen LogP contribution in [0.1, 0.15) is 40.5 Å². The molecule has 0 aromatic rings. The molecule has 0 aromatic carbocycles. The van der Waals surface area contributed by atoms with E-state index in [0.29, 0.717) is 25.1 Å². The summed E-state index contributed by atoms with van der Waals surface area (Å²) in [5.41, 5.74) is 6.55. The van der Waals surface area contributed by atoms with E-state index in [0.717, 1.165) is 6.08 Å². The number of carbonyl (C=O) groups is 4. The van der Waals surface area contributed by atoms with Crippen LogP contribution >= 0.6 is 12.4 Å². The number of likely N-dealkylation sites (N-methyl/N-ethyl adjacent to an activating group) is 1. The Bertz CT molecular complexity index is 1240. The fourth-order valence-corrected chi connectivity index (χ4v) is 5.18. The highest BCUT2D eigenvalue weighted by atomic mass is 35.5. The predicted octanol–water partition coefficient (Wildman–Crippen LogP) is 2.34. The zero-order valence-corrected chi connectivity index (χ0v) is 28.2. The van der Waals surface area contributed by atoms with Crippen LogP contribution in [-0.2, 0) is 28.6 Å². The minimum Gasteiger partial charge on any atom is -0.439 e. The number of Topliss-reactive ketones (excluding diaryl/α,β-unsaturated/α-hetero) is 1. The molecule has 0 fully saturated rings. The van der Waals surface area contributed by atoms with Crippen molar-refractivity contribution in [3.8, 4) is 0 Å². The first-order valence-electron chi connectivity index (χ1n) is 14.7. The normalized spacial score (nSPS) is 30.3. The summed E-state index contributed by atoms with van der Waals surface area (Å²) < 4.78 is 16.6. The smallest absolute Gasteiger partial charge is 0.405 e. The average Bonchev–Trinajstić information content (AvgIpc) is 2.95. The molecule has 252 valence electrons. The molecule has 0 spiro atoms. The van der Waals surface area contributed by atoms with E-state index in [1.165, 1.54) is 20.3 Å². The van der Waals surface area contributed by atoms with Crippen LogP contribution in [-0.4, -0.2) is 99.4 Å². The second-order valence-electron chi connectivity index (χ2n) is 11.7. The van der Waals surface area contributed by atoms with Crippen molar-refractivity contribution in [3.05, 3.63) is 58.5 Å². The van der Waals surface area contributed by atoms with Crippen LogP contribution in [0.2, 0.25) is 0 Å². The summed E-state index contributed by atoms with van der Waals surface area (Å²) in [4.78, 5) is 53.7. The zero-order chi connectivity index (χ0) is 33.1. The molecule has 5 N–H and O–H groups in total. The van der Waals surface area contributed by atoms with E-state index in [1.807, 2.05) is 32.8 Å². The molecule has 2 aliphatic rings. The molecule has 2 rings (SSSR count). The topological polar surface area (TPSA) is 170 Å². The van der Waals surface area contributed by atoms with Gasteiger partial charge in [0.25, 0.3) is 5.91 Å². The Hall–Kier alpha value is -3.29. The van der Waals surface area contributed by atoms with Gasteiger partial charge in [0.15, 0.2) is 6.10 Å². The fraction of sp³-hybridized carbons (Fsp3) is 0.562. The third-order valence-electron chi connectivity index (χ3n) is 7.65. The van der Waals surface area contributed by atoms with Crippen LogP contribution in [0.5, 0.6) is 0 Å². The number of hydrogen-bond acceptors (Lipinski definition) is 10. The standard InChI is InChI=1S/C32H48N4O8.ClH/c1-18-14-22-27(34-12-13-36(5)6)24(37)17-23(29(22)39)35-31(40)19(2)10-9-11-25(42-7)30(44-32(33)41)21(4)16-20(3)28(38)26(15-18)43-8;/h9-11,16-18,20,25-26,28,30,34,38H,12-15H2,1-8H3,(H2,33,41)(H,35,40);1H/b11-9+,19-10-,21-16+;/t18-,20+,25+,26+,28-,30+;/m1./s1. The van der Waals surface area contributed by atoms with E-state index in [2.05, 4.69) is 10.6 Å². The number of amides is 2. The quantitative estimate of drug-likeness (QED) is 0.237. The maximum absolute atomic E-state index is 13.7. The number of rotatable bonds is 7. The minimum atomic E-state index is -0.997. The monoisotopic (exact) mass is 652 g/mol. The Kier molecular flexibility index (Phi) is 16.4. The van der Waals surface area contributed by atoms with Crippen LogP contribution in [0.4, 0.5) is 4.79 Å². The molecule has 12 nitrogen and oxygen atoms in total. The van der Waals surface area contributed by atoms with Crippen molar-refractivity contribution in [3.63, 3.8) is 0 Å². The van der Waals surface area contributed by atoms with E-state index in [-0.39, 0.29) is 47.3 Å². The second-order valence-corrected chi connectivity index (χ2v) is 11.7. The van der Waals surface area contributed by atoms with Crippen LogP contribution in [0.25, 0.3) is 0 Å². The summed E-state index contributed by atoms with van der Waals surface area (Å²) >= 11 is 0. The third kappa shape index (κ3) is 11.5. The highest BCUT2D eigenvalue weighted by Crippen LogP contribution is 2.28. The number of hydrogen-bond donors (Lipinski definition) is 4. The number of aliphatic hydroxyl groups is 1. The van der Waals surface area contributed by atoms with Crippen LogP contribution < -0.4 is 16.4 Å². The molecular weight excluding hydrogens is 604 g/mol. The Morgan fingerprint density at radius 1 is 1.16 bits per heavy atom. The Morgan fingerprint density at radius 2 is 1.82 bits per heavy atom. The number of ketones is 2. The maximum Gasteiger partial charge on any atom is 0.405 e. The van der Waals surface area contributed by atoms with Gasteiger partial charge in [-0.25, -0.2) is 4.79 Å². The van der Waals surface area contributed by atoms with Gasteiger partial charge in [0.1, 0.15) is 6.10 Å². The van der Waals surface area contributed by atoms with Gasteiger partial charge in [-0.3, -0.25) is 14.4 Å². The Balaban J connectivity index is 0.0000101. The molecule has 0 radical (unpaired) electrons. The van der Waals surface area contributed by atoms with Crippen molar-refractivity contribution in [1.82, 2.24) is 15.5 Å². The first-order chi connectivity index (χ1) is 20.7. The number of fused-ring (bicyclic) bond motifs is 2. The third-order valence-corrected chi connectivity index (χ3v) is 7.65. The molecule has 1 heterocycles. The molecule has 13 heteroatoms. The number of aliphatic hydroxyl groups excluding tert-OH is 1. The summed E-state index contributed by atoms with van der Waals surface area (Å²) in [5.74, 6) is -2.06. The summed E-state index contributed by atoms with van der Waals surface area (Å²) in [5, 5.41) is 17.0. The number of carbonyl (C=O) groups excluding carboxylic acids is 4. The molecule has 0 unspecified atom stereocenters. The summed E-state index contributed by atoms with van der Waals surface area (Å²) in [6.07, 6.45) is 3.88. The van der Waals surface area contributed by atoms with Crippen molar-refractivity contribution in [2.75, 3.05) is 41.4 Å². The minimum absolute atomic E-state index is 0. The van der Waals surface area contributed by atoms with Crippen molar-refractivity contribution >= 4 is 36.0 Å². The van der Waals surface area contributed by atoms with Crippen LogP contribution in [0.15, 0.2) is 58.5 Å². The SMILES string of the molecule is CO[C@H]1/C=C/C=C(/C)C(=O)NC2=CC(=O)C(NCCN(C)C)=C(C[C@@H](C)C[C@H](OC)[C@H](O)[C@@H](C)/C=C(\C)[C@@H]1OC(N)=O)C2=O.Cl. The lowest BCUT2D eigenvalue weighted by Crippen LogP contribution is -2.38. The molecule has 2 bridgehead atoms. The Labute approximate surface area is 272 Å². The summed E-state index contributed by atoms with van der Waals surface area (Å²) in [6.45, 7) is 8.09. The van der Waals surface area contributed by atoms with Gasteiger partial charge in [-0.1, -0.05) is 38.2 Å². The van der Waals surface area contributed by atoms with Crippen molar-refractivity contribution in [2.45, 2.75) is 65.0 Å². The first kappa shape index (κ1) is 39.7. The van der Waals surface area contributed by atoms with Gasteiger partial charge >= 0.3 is 6.09 Å². The molecule has 2 amide bonds. The van der Waals surface area contributed by atoms with Crippen LogP contribution in [0.3, 0.4) is 0 Å². The molecule has 0 saturated heterocycles. The summed E-state index contributed by atoms with van der Waals surface area (Å²) in [6, 6.07) is 0. The largest absolute Gasteiger partial charge is 0.439 e. The van der Waals surface area contributed by atoms with E-state index in [9.17, 15) is 24.3 Å². The van der Waals surface area contributed by atoms with Gasteiger partial charge in [-0.15, -0.1) is 12.4 Å². The average molecular weight is 653 g/mol. The molecule has 0 saturated carbocycles. The zero-order valence-electron chi connectivity index (χ0n) is 27.4. The van der Waals surface area contributed by atoms with Gasteiger partial charge in [0.05, 0.1) is 23.6 Å². The first-order valence-corrected chi connectivity index (χ1v) is 14.7. The van der Waals surface area contributed by atoms with Gasteiger partial charge in [-0.2, -0.15) is 0 Å². The highest BCUT2D eigenvalue weighted by molar-refractivity contribution is 6.23. The number of methoxy groups -OCH3 is 2. The molecule has 1 aliphatic heterocycles. The van der Waals surface area contributed by atoms with Gasteiger partial charge in [-0.05, 0) is 52.3 Å². The number of nitrogens with one attached hydrogen (secondary N) is 2. The van der Waals surface area contributed by atoms with Crippen molar-refractivity contribution < 1.29 is 38.5 Å². The number of nitrogens with zero attached hydrogens (tertiary/aromatic N) is 1. The molecule has 1 aliphatic carbocycles. The van der Waals surface area contributed by atoms with Gasteiger partial charge < -0.3 is 40.6 Å². The van der Waals surface area contributed by atoms with E-state index >= 15 is 0 Å². The number of primary amides is 1. The molecule has 0 aromatic heterocycles. The van der Waals surface area contributed by atoms with Crippen molar-refractivity contribution in [1.29, 1.82) is 0 Å². The lowest BCUT2D eigenvalue weighted by molar-refractivity contribution is -0.120. The lowest BCUT2D eigenvalue weighted by Gasteiger charge is -2.30. The molecule has 45 heavy (non-hydrogen) atoms. The predicted molar refractivity (Wildman–Crippen MR) is 173 cm³/mol. The maximum atomic E-state index is 13.7. The summed E-state index contributed by atoms with van der Waals surface area (Å²) in [7, 11) is 6.74. The highest BCUT2D eigenvalue weighted by Gasteiger charge is 2.33. The van der Waals surface area contributed by atoms with Gasteiger partial charge in [0, 0.05) is 50.4 Å². The van der Waals surface area contributed by atoms with Crippen LogP contribution in [0, 0.1) is 11.8 Å². The lowest BCUT2D eigenvalue weighted by atomic mass is 9.85. The van der Waals surface area contributed by atoms with E-state index < -0.39 is 53.9 Å². The fourth-order valence-electron chi connectivity index (χ4n) is 5.18.